The number of ether oxygens (including phenoxy) is 2. The van der Waals surface area contributed by atoms with Crippen LogP contribution in [0.1, 0.15) is 19.8 Å². The van der Waals surface area contributed by atoms with Gasteiger partial charge in [-0.05, 0) is 25.7 Å². The van der Waals surface area contributed by atoms with Crippen LogP contribution in [0.25, 0.3) is 0 Å². The SMILES string of the molecule is CCOCC(NN)C(OC)C1CC1. The molecule has 0 amide bonds. The lowest BCUT2D eigenvalue weighted by Gasteiger charge is -2.24. The number of rotatable bonds is 7. The zero-order chi connectivity index (χ0) is 9.68. The average Bonchev–Trinajstić information content (AvgIpc) is 2.95. The lowest BCUT2D eigenvalue weighted by molar-refractivity contribution is 0.0122. The van der Waals surface area contributed by atoms with E-state index in [2.05, 4.69) is 5.43 Å². The van der Waals surface area contributed by atoms with Crippen molar-refractivity contribution in [3.63, 3.8) is 0 Å². The lowest BCUT2D eigenvalue weighted by Crippen LogP contribution is -2.48. The molecule has 0 aromatic rings. The van der Waals surface area contributed by atoms with Gasteiger partial charge in [0.15, 0.2) is 0 Å². The Hall–Kier alpha value is -0.160. The fourth-order valence-electron chi connectivity index (χ4n) is 1.59. The van der Waals surface area contributed by atoms with Crippen molar-refractivity contribution in [1.29, 1.82) is 0 Å². The molecular formula is C9H20N2O2. The molecule has 2 unspecified atom stereocenters. The van der Waals surface area contributed by atoms with Gasteiger partial charge in [-0.15, -0.1) is 0 Å². The largest absolute Gasteiger partial charge is 0.380 e. The van der Waals surface area contributed by atoms with Gasteiger partial charge in [-0.1, -0.05) is 0 Å². The molecule has 1 aliphatic carbocycles. The summed E-state index contributed by atoms with van der Waals surface area (Å²) in [6.07, 6.45) is 2.71. The Bertz CT molecular complexity index is 140. The van der Waals surface area contributed by atoms with E-state index in [0.29, 0.717) is 12.5 Å². The highest BCUT2D eigenvalue weighted by Gasteiger charge is 2.36. The van der Waals surface area contributed by atoms with E-state index in [1.165, 1.54) is 12.8 Å². The van der Waals surface area contributed by atoms with Crippen LogP contribution >= 0.6 is 0 Å². The third-order valence-corrected chi connectivity index (χ3v) is 2.47. The molecular weight excluding hydrogens is 168 g/mol. The Morgan fingerprint density at radius 1 is 1.54 bits per heavy atom. The number of hydrogen-bond acceptors (Lipinski definition) is 4. The minimum atomic E-state index is 0.123. The quantitative estimate of drug-likeness (QED) is 0.445. The zero-order valence-electron chi connectivity index (χ0n) is 8.45. The first-order valence-corrected chi connectivity index (χ1v) is 4.90. The summed E-state index contributed by atoms with van der Waals surface area (Å²) in [7, 11) is 1.74. The maximum Gasteiger partial charge on any atom is 0.0788 e. The smallest absolute Gasteiger partial charge is 0.0788 e. The molecule has 78 valence electrons. The van der Waals surface area contributed by atoms with E-state index < -0.39 is 0 Å². The van der Waals surface area contributed by atoms with E-state index in [9.17, 15) is 0 Å². The van der Waals surface area contributed by atoms with Crippen molar-refractivity contribution in [1.82, 2.24) is 5.43 Å². The van der Waals surface area contributed by atoms with Crippen LogP contribution in [0.5, 0.6) is 0 Å². The van der Waals surface area contributed by atoms with Crippen LogP contribution in [-0.4, -0.2) is 32.5 Å². The minimum absolute atomic E-state index is 0.123. The van der Waals surface area contributed by atoms with E-state index in [-0.39, 0.29) is 12.1 Å². The molecule has 1 aliphatic rings. The third-order valence-electron chi connectivity index (χ3n) is 2.47. The van der Waals surface area contributed by atoms with Gasteiger partial charge in [-0.2, -0.15) is 0 Å². The average molecular weight is 188 g/mol. The Balaban J connectivity index is 2.32. The standard InChI is InChI=1S/C9H20N2O2/c1-3-13-6-8(11-10)9(12-2)7-4-5-7/h7-9,11H,3-6,10H2,1-2H3. The van der Waals surface area contributed by atoms with Crippen molar-refractivity contribution in [2.24, 2.45) is 11.8 Å². The van der Waals surface area contributed by atoms with E-state index in [1.807, 2.05) is 6.92 Å². The third kappa shape index (κ3) is 3.23. The van der Waals surface area contributed by atoms with Gasteiger partial charge >= 0.3 is 0 Å². The van der Waals surface area contributed by atoms with Crippen molar-refractivity contribution in [2.75, 3.05) is 20.3 Å². The van der Waals surface area contributed by atoms with Crippen LogP contribution in [0.3, 0.4) is 0 Å². The predicted octanol–water partition coefficient (Wildman–Crippen LogP) is 0.280. The van der Waals surface area contributed by atoms with Crippen LogP contribution in [-0.2, 0) is 9.47 Å². The number of hydrazine groups is 1. The lowest BCUT2D eigenvalue weighted by atomic mass is 10.1. The first-order chi connectivity index (χ1) is 6.33. The van der Waals surface area contributed by atoms with Gasteiger partial charge in [0.25, 0.3) is 0 Å². The molecule has 0 radical (unpaired) electrons. The summed E-state index contributed by atoms with van der Waals surface area (Å²) in [6, 6.07) is 0.123. The molecule has 0 aliphatic heterocycles. The molecule has 0 bridgehead atoms. The summed E-state index contributed by atoms with van der Waals surface area (Å²) in [4.78, 5) is 0. The molecule has 2 atom stereocenters. The van der Waals surface area contributed by atoms with Crippen molar-refractivity contribution >= 4 is 0 Å². The van der Waals surface area contributed by atoms with Gasteiger partial charge in [0.2, 0.25) is 0 Å². The van der Waals surface area contributed by atoms with Crippen molar-refractivity contribution in [3.8, 4) is 0 Å². The van der Waals surface area contributed by atoms with Crippen LogP contribution in [0.4, 0.5) is 0 Å². The first-order valence-electron chi connectivity index (χ1n) is 4.90. The molecule has 1 rings (SSSR count). The number of nitrogens with two attached hydrogens (primary N) is 1. The molecule has 0 aromatic heterocycles. The van der Waals surface area contributed by atoms with Crippen LogP contribution in [0.2, 0.25) is 0 Å². The first kappa shape index (κ1) is 10.9. The molecule has 1 saturated carbocycles. The van der Waals surface area contributed by atoms with Gasteiger partial charge in [-0.25, -0.2) is 0 Å². The second kappa shape index (κ2) is 5.54. The summed E-state index contributed by atoms with van der Waals surface area (Å²) in [6.45, 7) is 3.33. The van der Waals surface area contributed by atoms with Gasteiger partial charge < -0.3 is 9.47 Å². The summed E-state index contributed by atoms with van der Waals surface area (Å²) in [5.74, 6) is 6.12. The molecule has 1 fully saturated rings. The molecule has 4 heteroatoms. The van der Waals surface area contributed by atoms with Gasteiger partial charge in [0.05, 0.1) is 18.8 Å². The summed E-state index contributed by atoms with van der Waals surface area (Å²) in [5.41, 5.74) is 2.76. The Kier molecular flexibility index (Phi) is 4.66. The van der Waals surface area contributed by atoms with Gasteiger partial charge in [0.1, 0.15) is 0 Å². The second-order valence-corrected chi connectivity index (χ2v) is 3.47. The van der Waals surface area contributed by atoms with Crippen LogP contribution in [0, 0.1) is 5.92 Å². The molecule has 13 heavy (non-hydrogen) atoms. The van der Waals surface area contributed by atoms with E-state index >= 15 is 0 Å². The molecule has 4 nitrogen and oxygen atoms in total. The highest BCUT2D eigenvalue weighted by Crippen LogP contribution is 2.35. The molecule has 0 heterocycles. The van der Waals surface area contributed by atoms with Gasteiger partial charge in [0, 0.05) is 13.7 Å². The zero-order valence-corrected chi connectivity index (χ0v) is 8.45. The van der Waals surface area contributed by atoms with Crippen LogP contribution in [0.15, 0.2) is 0 Å². The maximum atomic E-state index is 5.45. The molecule has 0 spiro atoms. The molecule has 0 aromatic carbocycles. The van der Waals surface area contributed by atoms with E-state index in [0.717, 1.165) is 6.61 Å². The van der Waals surface area contributed by atoms with Crippen molar-refractivity contribution in [2.45, 2.75) is 31.9 Å². The predicted molar refractivity (Wildman–Crippen MR) is 51.1 cm³/mol. The second-order valence-electron chi connectivity index (χ2n) is 3.47. The van der Waals surface area contributed by atoms with E-state index in [1.54, 1.807) is 7.11 Å². The molecule has 0 saturated heterocycles. The normalized spacial score (nSPS) is 21.5. The summed E-state index contributed by atoms with van der Waals surface area (Å²) in [5, 5.41) is 0. The topological polar surface area (TPSA) is 56.5 Å². The monoisotopic (exact) mass is 188 g/mol. The fraction of sp³-hybridized carbons (Fsp3) is 1.00. The summed E-state index contributed by atoms with van der Waals surface area (Å²) < 4.78 is 10.7. The maximum absolute atomic E-state index is 5.45. The number of hydrogen-bond donors (Lipinski definition) is 2. The van der Waals surface area contributed by atoms with Crippen molar-refractivity contribution in [3.05, 3.63) is 0 Å². The highest BCUT2D eigenvalue weighted by molar-refractivity contribution is 4.89. The number of nitrogens with one attached hydrogen (secondary N) is 1. The van der Waals surface area contributed by atoms with Crippen molar-refractivity contribution < 1.29 is 9.47 Å². The minimum Gasteiger partial charge on any atom is -0.380 e. The van der Waals surface area contributed by atoms with E-state index in [4.69, 9.17) is 15.3 Å². The van der Waals surface area contributed by atoms with Crippen LogP contribution < -0.4 is 11.3 Å². The fourth-order valence-corrected chi connectivity index (χ4v) is 1.59. The summed E-state index contributed by atoms with van der Waals surface area (Å²) >= 11 is 0. The molecule has 3 N–H and O–H groups in total. The number of methoxy groups -OCH3 is 1. The Morgan fingerprint density at radius 3 is 2.62 bits per heavy atom. The highest BCUT2D eigenvalue weighted by atomic mass is 16.5. The van der Waals surface area contributed by atoms with Gasteiger partial charge in [-0.3, -0.25) is 11.3 Å². The Morgan fingerprint density at radius 2 is 2.23 bits per heavy atom. The Labute approximate surface area is 79.7 Å².